The molecule has 2 heterocycles. The van der Waals surface area contributed by atoms with Gasteiger partial charge in [0.1, 0.15) is 6.04 Å². The lowest BCUT2D eigenvalue weighted by molar-refractivity contribution is -0.128. The van der Waals surface area contributed by atoms with Crippen molar-refractivity contribution in [3.8, 4) is 0 Å². The Hall–Kier alpha value is -1.89. The highest BCUT2D eigenvalue weighted by atomic mass is 32.1. The molecule has 1 aliphatic heterocycles. The highest BCUT2D eigenvalue weighted by Crippen LogP contribution is 2.22. The van der Waals surface area contributed by atoms with E-state index in [2.05, 4.69) is 10.6 Å². The first kappa shape index (κ1) is 17.9. The largest absolute Gasteiger partial charge is 0.352 e. The maximum absolute atomic E-state index is 12.5. The number of hydrogen-bond donors (Lipinski definition) is 2. The van der Waals surface area contributed by atoms with Crippen LogP contribution in [-0.2, 0) is 9.59 Å². The molecule has 1 aromatic rings. The van der Waals surface area contributed by atoms with E-state index in [4.69, 9.17) is 0 Å². The Bertz CT molecular complexity index is 611. The van der Waals surface area contributed by atoms with Crippen LogP contribution in [0.1, 0.15) is 54.6 Å². The number of hydrogen-bond acceptors (Lipinski definition) is 4. The first-order chi connectivity index (χ1) is 12.1. The van der Waals surface area contributed by atoms with Gasteiger partial charge in [-0.05, 0) is 37.1 Å². The fourth-order valence-corrected chi connectivity index (χ4v) is 4.31. The molecule has 3 amide bonds. The van der Waals surface area contributed by atoms with Crippen LogP contribution in [0.5, 0.6) is 0 Å². The van der Waals surface area contributed by atoms with E-state index >= 15 is 0 Å². The van der Waals surface area contributed by atoms with Crippen molar-refractivity contribution < 1.29 is 14.4 Å². The molecular formula is C18H25N3O3S. The van der Waals surface area contributed by atoms with E-state index in [9.17, 15) is 14.4 Å². The van der Waals surface area contributed by atoms with Crippen LogP contribution in [0.3, 0.4) is 0 Å². The van der Waals surface area contributed by atoms with Gasteiger partial charge in [0.2, 0.25) is 11.8 Å². The molecule has 25 heavy (non-hydrogen) atoms. The van der Waals surface area contributed by atoms with Gasteiger partial charge in [-0.25, -0.2) is 0 Å². The van der Waals surface area contributed by atoms with Gasteiger partial charge in [0.25, 0.3) is 5.91 Å². The number of nitrogens with one attached hydrogen (secondary N) is 2. The lowest BCUT2D eigenvalue weighted by Gasteiger charge is -2.24. The first-order valence-electron chi connectivity index (χ1n) is 9.06. The Morgan fingerprint density at radius 2 is 1.92 bits per heavy atom. The lowest BCUT2D eigenvalue weighted by Crippen LogP contribution is -2.49. The Kier molecular flexibility index (Phi) is 6.07. The summed E-state index contributed by atoms with van der Waals surface area (Å²) >= 11 is 1.38. The molecule has 0 spiro atoms. The quantitative estimate of drug-likeness (QED) is 0.839. The maximum Gasteiger partial charge on any atom is 0.264 e. The average molecular weight is 363 g/mol. The first-order valence-corrected chi connectivity index (χ1v) is 9.94. The van der Waals surface area contributed by atoms with Crippen LogP contribution in [0.2, 0.25) is 0 Å². The molecule has 3 rings (SSSR count). The summed E-state index contributed by atoms with van der Waals surface area (Å²) in [6.07, 6.45) is 7.03. The summed E-state index contributed by atoms with van der Waals surface area (Å²) in [5, 5.41) is 7.55. The smallest absolute Gasteiger partial charge is 0.264 e. The molecule has 2 fully saturated rings. The minimum Gasteiger partial charge on any atom is -0.352 e. The molecule has 1 aromatic heterocycles. The summed E-state index contributed by atoms with van der Waals surface area (Å²) in [5.74, 6) is -0.477. The monoisotopic (exact) mass is 363 g/mol. The SMILES string of the molecule is O=C(CNC(=O)[C@@H]1CCCN1C(=O)c1cccs1)NC1CCCCC1. The van der Waals surface area contributed by atoms with E-state index in [-0.39, 0.29) is 30.3 Å². The summed E-state index contributed by atoms with van der Waals surface area (Å²) in [7, 11) is 0. The zero-order valence-electron chi connectivity index (χ0n) is 14.3. The summed E-state index contributed by atoms with van der Waals surface area (Å²) in [6.45, 7) is 0.565. The summed E-state index contributed by atoms with van der Waals surface area (Å²) in [4.78, 5) is 39.2. The number of nitrogens with zero attached hydrogens (tertiary/aromatic N) is 1. The standard InChI is InChI=1S/C18H25N3O3S/c22-16(20-13-6-2-1-3-7-13)12-19-17(23)14-8-4-10-21(14)18(24)15-9-5-11-25-15/h5,9,11,13-14H,1-4,6-8,10,12H2,(H,19,23)(H,20,22)/t14-/m0/s1. The van der Waals surface area contributed by atoms with Crippen LogP contribution in [0.4, 0.5) is 0 Å². The van der Waals surface area contributed by atoms with Crippen molar-refractivity contribution in [2.75, 3.05) is 13.1 Å². The molecule has 2 aliphatic rings. The van der Waals surface area contributed by atoms with Crippen molar-refractivity contribution in [3.05, 3.63) is 22.4 Å². The fourth-order valence-electron chi connectivity index (χ4n) is 3.63. The van der Waals surface area contributed by atoms with E-state index in [0.717, 1.165) is 32.1 Å². The third-order valence-electron chi connectivity index (χ3n) is 4.94. The number of carbonyl (C=O) groups is 3. The van der Waals surface area contributed by atoms with E-state index in [1.54, 1.807) is 11.0 Å². The van der Waals surface area contributed by atoms with Gasteiger partial charge < -0.3 is 15.5 Å². The second-order valence-electron chi connectivity index (χ2n) is 6.75. The van der Waals surface area contributed by atoms with Gasteiger partial charge in [-0.3, -0.25) is 14.4 Å². The lowest BCUT2D eigenvalue weighted by atomic mass is 9.95. The predicted octanol–water partition coefficient (Wildman–Crippen LogP) is 1.92. The molecule has 0 aromatic carbocycles. The number of likely N-dealkylation sites (tertiary alicyclic amines) is 1. The fraction of sp³-hybridized carbons (Fsp3) is 0.611. The van der Waals surface area contributed by atoms with Crippen molar-refractivity contribution in [1.29, 1.82) is 0 Å². The van der Waals surface area contributed by atoms with Crippen LogP contribution in [0.25, 0.3) is 0 Å². The minimum atomic E-state index is -0.475. The van der Waals surface area contributed by atoms with Gasteiger partial charge in [0.15, 0.2) is 0 Å². The normalized spacial score (nSPS) is 21.1. The molecule has 0 unspecified atom stereocenters. The van der Waals surface area contributed by atoms with Crippen LogP contribution in [-0.4, -0.2) is 47.8 Å². The van der Waals surface area contributed by atoms with E-state index in [0.29, 0.717) is 17.8 Å². The van der Waals surface area contributed by atoms with E-state index < -0.39 is 6.04 Å². The molecular weight excluding hydrogens is 338 g/mol. The number of amides is 3. The van der Waals surface area contributed by atoms with E-state index in [1.807, 2.05) is 11.4 Å². The maximum atomic E-state index is 12.5. The van der Waals surface area contributed by atoms with Gasteiger partial charge in [-0.15, -0.1) is 11.3 Å². The molecule has 136 valence electrons. The summed E-state index contributed by atoms with van der Waals surface area (Å²) in [5.41, 5.74) is 0. The zero-order valence-corrected chi connectivity index (χ0v) is 15.1. The number of rotatable bonds is 5. The highest BCUT2D eigenvalue weighted by molar-refractivity contribution is 7.12. The predicted molar refractivity (Wildman–Crippen MR) is 96.4 cm³/mol. The van der Waals surface area contributed by atoms with Crippen molar-refractivity contribution in [3.63, 3.8) is 0 Å². The Balaban J connectivity index is 1.48. The highest BCUT2D eigenvalue weighted by Gasteiger charge is 2.34. The second kappa shape index (κ2) is 8.47. The van der Waals surface area contributed by atoms with Crippen molar-refractivity contribution in [1.82, 2.24) is 15.5 Å². The van der Waals surface area contributed by atoms with Crippen LogP contribution < -0.4 is 10.6 Å². The van der Waals surface area contributed by atoms with Crippen LogP contribution in [0, 0.1) is 0 Å². The molecule has 6 nitrogen and oxygen atoms in total. The van der Waals surface area contributed by atoms with Gasteiger partial charge in [0, 0.05) is 12.6 Å². The Morgan fingerprint density at radius 3 is 2.64 bits per heavy atom. The minimum absolute atomic E-state index is 0.0210. The molecule has 0 bridgehead atoms. The van der Waals surface area contributed by atoms with Crippen LogP contribution in [0.15, 0.2) is 17.5 Å². The molecule has 7 heteroatoms. The third-order valence-corrected chi connectivity index (χ3v) is 5.80. The number of thiophene rings is 1. The number of carbonyl (C=O) groups excluding carboxylic acids is 3. The summed E-state index contributed by atoms with van der Waals surface area (Å²) in [6, 6.07) is 3.37. The molecule has 2 N–H and O–H groups in total. The van der Waals surface area contributed by atoms with Crippen molar-refractivity contribution >= 4 is 29.1 Å². The zero-order chi connectivity index (χ0) is 17.6. The van der Waals surface area contributed by atoms with Gasteiger partial charge >= 0.3 is 0 Å². The second-order valence-corrected chi connectivity index (χ2v) is 7.70. The van der Waals surface area contributed by atoms with Gasteiger partial charge in [-0.2, -0.15) is 0 Å². The Morgan fingerprint density at radius 1 is 1.12 bits per heavy atom. The van der Waals surface area contributed by atoms with Gasteiger partial charge in [0.05, 0.1) is 11.4 Å². The topological polar surface area (TPSA) is 78.5 Å². The van der Waals surface area contributed by atoms with Crippen LogP contribution >= 0.6 is 11.3 Å². The molecule has 0 radical (unpaired) electrons. The van der Waals surface area contributed by atoms with Crippen molar-refractivity contribution in [2.45, 2.75) is 57.0 Å². The molecule has 1 atom stereocenters. The third kappa shape index (κ3) is 4.60. The molecule has 1 saturated heterocycles. The van der Waals surface area contributed by atoms with Gasteiger partial charge in [-0.1, -0.05) is 25.3 Å². The van der Waals surface area contributed by atoms with E-state index in [1.165, 1.54) is 17.8 Å². The molecule has 1 saturated carbocycles. The molecule has 1 aliphatic carbocycles. The van der Waals surface area contributed by atoms with Crippen molar-refractivity contribution in [2.24, 2.45) is 0 Å². The summed E-state index contributed by atoms with van der Waals surface area (Å²) < 4.78 is 0. The Labute approximate surface area is 152 Å². The average Bonchev–Trinajstić information content (AvgIpc) is 3.31.